The summed E-state index contributed by atoms with van der Waals surface area (Å²) in [6.07, 6.45) is 2.37. The number of benzene rings is 1. The van der Waals surface area contributed by atoms with E-state index in [0.717, 1.165) is 18.8 Å². The molecule has 0 amide bonds. The molecule has 0 atom stereocenters. The molecule has 2 rings (SSSR count). The van der Waals surface area contributed by atoms with Crippen LogP contribution in [-0.4, -0.2) is 26.8 Å². The Hall–Kier alpha value is -1.23. The second-order valence-corrected chi connectivity index (χ2v) is 7.48. The van der Waals surface area contributed by atoms with Crippen LogP contribution in [0.4, 0.5) is 11.4 Å². The van der Waals surface area contributed by atoms with Gasteiger partial charge in [-0.25, -0.2) is 8.42 Å². The number of nitrogens with two attached hydrogens (primary N) is 1. The van der Waals surface area contributed by atoms with E-state index in [1.54, 1.807) is 26.0 Å². The molecule has 1 aliphatic heterocycles. The van der Waals surface area contributed by atoms with E-state index < -0.39 is 15.1 Å². The fourth-order valence-electron chi connectivity index (χ4n) is 2.22. The molecule has 100 valence electrons. The lowest BCUT2D eigenvalue weighted by molar-refractivity contribution is 0.588. The molecule has 1 aromatic carbocycles. The molecule has 2 N–H and O–H groups in total. The highest BCUT2D eigenvalue weighted by Gasteiger charge is 2.23. The third kappa shape index (κ3) is 2.32. The zero-order valence-corrected chi connectivity index (χ0v) is 11.7. The van der Waals surface area contributed by atoms with Crippen LogP contribution in [-0.2, 0) is 9.84 Å². The number of anilines is 2. The Bertz CT molecular complexity index is 532. The van der Waals surface area contributed by atoms with Gasteiger partial charge >= 0.3 is 0 Å². The molecule has 5 heteroatoms. The van der Waals surface area contributed by atoms with Gasteiger partial charge in [0.05, 0.1) is 15.8 Å². The summed E-state index contributed by atoms with van der Waals surface area (Å²) in [7, 11) is -3.29. The average Bonchev–Trinajstić information content (AvgIpc) is 2.81. The van der Waals surface area contributed by atoms with Crippen LogP contribution in [0.1, 0.15) is 26.7 Å². The topological polar surface area (TPSA) is 63.4 Å². The number of hydrogen-bond acceptors (Lipinski definition) is 4. The highest BCUT2D eigenvalue weighted by Crippen LogP contribution is 2.29. The highest BCUT2D eigenvalue weighted by atomic mass is 32.2. The van der Waals surface area contributed by atoms with Gasteiger partial charge in [-0.1, -0.05) is 0 Å². The Morgan fingerprint density at radius 3 is 2.33 bits per heavy atom. The molecule has 18 heavy (non-hydrogen) atoms. The van der Waals surface area contributed by atoms with Crippen molar-refractivity contribution in [3.05, 3.63) is 18.2 Å². The van der Waals surface area contributed by atoms with Gasteiger partial charge in [-0.05, 0) is 44.9 Å². The molecule has 0 aliphatic carbocycles. The third-order valence-electron chi connectivity index (χ3n) is 3.39. The number of nitrogens with zero attached hydrogens (tertiary/aromatic N) is 1. The smallest absolute Gasteiger partial charge is 0.182 e. The first kappa shape index (κ1) is 13.2. The van der Waals surface area contributed by atoms with E-state index in [-0.39, 0.29) is 4.90 Å². The summed E-state index contributed by atoms with van der Waals surface area (Å²) in [5.74, 6) is 0. The molecule has 1 fully saturated rings. The van der Waals surface area contributed by atoms with Gasteiger partial charge < -0.3 is 10.6 Å². The Kier molecular flexibility index (Phi) is 3.52. The van der Waals surface area contributed by atoms with Crippen LogP contribution in [0.25, 0.3) is 0 Å². The number of sulfone groups is 1. The molecule has 0 bridgehead atoms. The van der Waals surface area contributed by atoms with E-state index in [4.69, 9.17) is 5.73 Å². The predicted molar refractivity (Wildman–Crippen MR) is 74.6 cm³/mol. The molecule has 0 spiro atoms. The van der Waals surface area contributed by atoms with Gasteiger partial charge in [-0.3, -0.25) is 0 Å². The number of rotatable bonds is 3. The van der Waals surface area contributed by atoms with Crippen LogP contribution in [0.5, 0.6) is 0 Å². The molecule has 0 radical (unpaired) electrons. The molecule has 0 unspecified atom stereocenters. The maximum Gasteiger partial charge on any atom is 0.182 e. The normalized spacial score (nSPS) is 16.5. The lowest BCUT2D eigenvalue weighted by Gasteiger charge is -2.19. The number of nitrogen functional groups attached to an aromatic ring is 1. The quantitative estimate of drug-likeness (QED) is 0.852. The van der Waals surface area contributed by atoms with Crippen molar-refractivity contribution < 1.29 is 8.42 Å². The molecule has 4 nitrogen and oxygen atoms in total. The van der Waals surface area contributed by atoms with E-state index in [2.05, 4.69) is 4.90 Å². The first-order chi connectivity index (χ1) is 8.43. The van der Waals surface area contributed by atoms with Gasteiger partial charge in [-0.15, -0.1) is 0 Å². The lowest BCUT2D eigenvalue weighted by Crippen LogP contribution is -2.19. The van der Waals surface area contributed by atoms with E-state index >= 15 is 0 Å². The molecular formula is C13H20N2O2S. The zero-order valence-electron chi connectivity index (χ0n) is 10.9. The molecule has 1 aliphatic rings. The van der Waals surface area contributed by atoms with Gasteiger partial charge in [0.25, 0.3) is 0 Å². The maximum absolute atomic E-state index is 12.1. The van der Waals surface area contributed by atoms with Crippen molar-refractivity contribution in [1.82, 2.24) is 0 Å². The molecule has 1 aromatic rings. The van der Waals surface area contributed by atoms with Crippen LogP contribution in [0.2, 0.25) is 0 Å². The lowest BCUT2D eigenvalue weighted by atomic mass is 10.2. The Morgan fingerprint density at radius 2 is 1.83 bits per heavy atom. The minimum Gasteiger partial charge on any atom is -0.398 e. The molecular weight excluding hydrogens is 248 g/mol. The molecule has 0 saturated carbocycles. The molecule has 1 heterocycles. The van der Waals surface area contributed by atoms with E-state index in [0.29, 0.717) is 5.69 Å². The fraction of sp³-hybridized carbons (Fsp3) is 0.538. The summed E-state index contributed by atoms with van der Waals surface area (Å²) in [6.45, 7) is 5.39. The van der Waals surface area contributed by atoms with Gasteiger partial charge in [0.1, 0.15) is 0 Å². The fourth-order valence-corrected chi connectivity index (χ4v) is 3.37. The van der Waals surface area contributed by atoms with Gasteiger partial charge in [0.15, 0.2) is 9.84 Å². The van der Waals surface area contributed by atoms with Crippen molar-refractivity contribution in [2.24, 2.45) is 0 Å². The van der Waals surface area contributed by atoms with E-state index in [1.165, 1.54) is 12.8 Å². The minimum absolute atomic E-state index is 0.250. The molecule has 1 saturated heterocycles. The SMILES string of the molecule is CC(C)S(=O)(=O)c1ccc(N2CCCC2)cc1N. The Labute approximate surface area is 109 Å². The van der Waals surface area contributed by atoms with Crippen LogP contribution in [0, 0.1) is 0 Å². The van der Waals surface area contributed by atoms with Crippen molar-refractivity contribution >= 4 is 21.2 Å². The second-order valence-electron chi connectivity index (χ2n) is 5.01. The van der Waals surface area contributed by atoms with E-state index in [1.807, 2.05) is 6.07 Å². The molecule has 0 aromatic heterocycles. The summed E-state index contributed by atoms with van der Waals surface area (Å²) in [4.78, 5) is 2.49. The zero-order chi connectivity index (χ0) is 13.3. The van der Waals surface area contributed by atoms with Crippen LogP contribution < -0.4 is 10.6 Å². The van der Waals surface area contributed by atoms with Crippen molar-refractivity contribution in [3.63, 3.8) is 0 Å². The summed E-state index contributed by atoms with van der Waals surface area (Å²) >= 11 is 0. The largest absolute Gasteiger partial charge is 0.398 e. The Balaban J connectivity index is 2.36. The van der Waals surface area contributed by atoms with Gasteiger partial charge in [0, 0.05) is 18.8 Å². The van der Waals surface area contributed by atoms with Crippen molar-refractivity contribution in [1.29, 1.82) is 0 Å². The van der Waals surface area contributed by atoms with Crippen molar-refractivity contribution in [2.75, 3.05) is 23.7 Å². The predicted octanol–water partition coefficient (Wildman–Crippen LogP) is 2.05. The third-order valence-corrected chi connectivity index (χ3v) is 5.62. The standard InChI is InChI=1S/C13H20N2O2S/c1-10(2)18(16,17)13-6-5-11(9-12(13)14)15-7-3-4-8-15/h5-6,9-10H,3-4,7-8,14H2,1-2H3. The average molecular weight is 268 g/mol. The Morgan fingerprint density at radius 1 is 1.22 bits per heavy atom. The number of hydrogen-bond donors (Lipinski definition) is 1. The minimum atomic E-state index is -3.29. The van der Waals surface area contributed by atoms with Gasteiger partial charge in [0.2, 0.25) is 0 Å². The summed E-state index contributed by atoms with van der Waals surface area (Å²) in [5, 5.41) is -0.447. The summed E-state index contributed by atoms with van der Waals surface area (Å²) in [6, 6.07) is 5.27. The van der Waals surface area contributed by atoms with Crippen molar-refractivity contribution in [3.8, 4) is 0 Å². The first-order valence-corrected chi connectivity index (χ1v) is 7.86. The van der Waals surface area contributed by atoms with Crippen LogP contribution in [0.3, 0.4) is 0 Å². The van der Waals surface area contributed by atoms with Crippen LogP contribution >= 0.6 is 0 Å². The summed E-state index contributed by atoms with van der Waals surface area (Å²) in [5.41, 5.74) is 7.28. The van der Waals surface area contributed by atoms with Gasteiger partial charge in [-0.2, -0.15) is 0 Å². The van der Waals surface area contributed by atoms with Crippen molar-refractivity contribution in [2.45, 2.75) is 36.8 Å². The summed E-state index contributed by atoms with van der Waals surface area (Å²) < 4.78 is 24.2. The van der Waals surface area contributed by atoms with Crippen LogP contribution in [0.15, 0.2) is 23.1 Å². The highest BCUT2D eigenvalue weighted by molar-refractivity contribution is 7.92. The first-order valence-electron chi connectivity index (χ1n) is 6.31. The maximum atomic E-state index is 12.1. The van der Waals surface area contributed by atoms with E-state index in [9.17, 15) is 8.42 Å². The monoisotopic (exact) mass is 268 g/mol. The second kappa shape index (κ2) is 4.80.